The van der Waals surface area contributed by atoms with Crippen LogP contribution in [-0.4, -0.2) is 71.4 Å². The van der Waals surface area contributed by atoms with E-state index in [2.05, 4.69) is 4.18 Å². The zero-order chi connectivity index (χ0) is 44.5. The van der Waals surface area contributed by atoms with E-state index in [9.17, 15) is 97.0 Å². The van der Waals surface area contributed by atoms with Gasteiger partial charge in [-0.25, -0.2) is 4.79 Å². The molecule has 3 aromatic rings. The predicted octanol–water partition coefficient (Wildman–Crippen LogP) is 13.0. The molecule has 0 aromatic heterocycles. The van der Waals surface area contributed by atoms with Crippen LogP contribution < -0.4 is 0 Å². The van der Waals surface area contributed by atoms with E-state index in [-0.39, 0.29) is 5.02 Å². The molecule has 2 nitrogen and oxygen atoms in total. The normalized spacial score (nSPS) is 15.4. The largest absolute Gasteiger partial charge is 0.460 e. The molecule has 0 N–H and O–H groups in total. The number of alkyl halides is 23. The number of rotatable bonds is 14. The summed E-state index contributed by atoms with van der Waals surface area (Å²) >= 11 is 5.78. The maximum absolute atomic E-state index is 15.2. The Labute approximate surface area is 308 Å². The van der Waals surface area contributed by atoms with Crippen LogP contribution in [0.2, 0.25) is 5.02 Å². The Kier molecular flexibility index (Phi) is 11.8. The molecule has 0 aliphatic rings. The molecule has 0 aliphatic heterocycles. The van der Waals surface area contributed by atoms with Gasteiger partial charge in [0.25, 0.3) is 0 Å². The second kappa shape index (κ2) is 14.2. The number of halogens is 24. The highest BCUT2D eigenvalue weighted by atomic mass is 35.5. The molecule has 0 saturated heterocycles. The van der Waals surface area contributed by atoms with E-state index >= 15 is 8.78 Å². The van der Waals surface area contributed by atoms with Gasteiger partial charge in [-0.1, -0.05) is 48.0 Å². The first kappa shape index (κ1) is 47.5. The van der Waals surface area contributed by atoms with Gasteiger partial charge in [-0.05, 0) is 58.8 Å². The van der Waals surface area contributed by atoms with Gasteiger partial charge in [-0.2, -0.15) is 101 Å². The zero-order valence-corrected chi connectivity index (χ0v) is 28.0. The van der Waals surface area contributed by atoms with E-state index in [1.165, 1.54) is 12.1 Å². The summed E-state index contributed by atoms with van der Waals surface area (Å²) in [7, 11) is -4.41. The molecule has 3 aromatic carbocycles. The topological polar surface area (TPSA) is 26.3 Å². The van der Waals surface area contributed by atoms with Crippen molar-refractivity contribution in [2.75, 3.05) is 0 Å². The molecule has 0 atom stereocenters. The van der Waals surface area contributed by atoms with Crippen LogP contribution in [-0.2, 0) is 8.98 Å². The van der Waals surface area contributed by atoms with E-state index < -0.39 is 96.4 Å². The van der Waals surface area contributed by atoms with Crippen molar-refractivity contribution >= 4 is 27.9 Å². The summed E-state index contributed by atoms with van der Waals surface area (Å²) < 4.78 is 326. The van der Waals surface area contributed by atoms with Crippen molar-refractivity contribution in [1.29, 1.82) is 0 Å². The van der Waals surface area contributed by atoms with Crippen molar-refractivity contribution in [3.8, 4) is 0 Å². The molecule has 0 aliphatic carbocycles. The molecule has 3 rings (SSSR count). The van der Waals surface area contributed by atoms with Gasteiger partial charge in [0.05, 0.1) is 0 Å². The van der Waals surface area contributed by atoms with Gasteiger partial charge < -0.3 is 4.18 Å². The molecule has 0 saturated carbocycles. The Morgan fingerprint density at radius 3 is 0.947 bits per heavy atom. The molecular weight excluding hydrogens is 897 g/mol. The van der Waals surface area contributed by atoms with E-state index in [0.29, 0.717) is 0 Å². The van der Waals surface area contributed by atoms with Crippen LogP contribution >= 0.6 is 21.9 Å². The zero-order valence-electron chi connectivity index (χ0n) is 26.4. The van der Waals surface area contributed by atoms with Crippen molar-refractivity contribution in [3.05, 3.63) is 90.0 Å². The van der Waals surface area contributed by atoms with Crippen molar-refractivity contribution in [2.45, 2.75) is 80.1 Å². The first-order chi connectivity index (χ1) is 25.3. The quantitative estimate of drug-likeness (QED) is 0.151. The second-order valence-corrected chi connectivity index (χ2v) is 14.4. The molecule has 0 unspecified atom stereocenters. The predicted molar refractivity (Wildman–Crippen MR) is 148 cm³/mol. The Balaban J connectivity index is 2.23. The maximum atomic E-state index is 15.2. The smallest absolute Gasteiger partial charge is 0.397 e. The molecule has 0 bridgehead atoms. The molecule has 0 spiro atoms. The van der Waals surface area contributed by atoms with Crippen molar-refractivity contribution in [1.82, 2.24) is 0 Å². The molecule has 0 heterocycles. The lowest BCUT2D eigenvalue weighted by atomic mass is 9.85. The molecule has 320 valence electrons. The lowest BCUT2D eigenvalue weighted by Gasteiger charge is -2.45. The summed E-state index contributed by atoms with van der Waals surface area (Å²) in [6, 6.07) is 13.9. The van der Waals surface area contributed by atoms with Crippen LogP contribution in [0.1, 0.15) is 0 Å². The fourth-order valence-electron chi connectivity index (χ4n) is 4.45. The average Bonchev–Trinajstić information content (AvgIpc) is 3.10. The van der Waals surface area contributed by atoms with Crippen LogP contribution in [0.3, 0.4) is 0 Å². The molecule has 57 heavy (non-hydrogen) atoms. The summed E-state index contributed by atoms with van der Waals surface area (Å²) in [6.45, 7) is 0. The van der Waals surface area contributed by atoms with E-state index in [1.807, 2.05) is 0 Å². The van der Waals surface area contributed by atoms with Crippen LogP contribution in [0.4, 0.5) is 101 Å². The summed E-state index contributed by atoms with van der Waals surface area (Å²) in [5.74, 6) is -94.6. The van der Waals surface area contributed by atoms with E-state index in [0.717, 1.165) is 72.8 Å². The highest BCUT2D eigenvalue weighted by Crippen LogP contribution is 2.71. The van der Waals surface area contributed by atoms with Gasteiger partial charge in [0.1, 0.15) is 0 Å². The van der Waals surface area contributed by atoms with Crippen LogP contribution in [0, 0.1) is 0 Å². The average molecular weight is 911 g/mol. The fraction of sp³-hybridized carbons (Fsp3) is 0.367. The summed E-state index contributed by atoms with van der Waals surface area (Å²) in [4.78, 5) is 11.3. The minimum absolute atomic E-state index is 0.169. The van der Waals surface area contributed by atoms with E-state index in [1.54, 1.807) is 0 Å². The lowest BCUT2D eigenvalue weighted by Crippen LogP contribution is -2.78. The first-order valence-corrected chi connectivity index (χ1v) is 16.1. The second-order valence-electron chi connectivity index (χ2n) is 11.2. The third kappa shape index (κ3) is 6.59. The van der Waals surface area contributed by atoms with Gasteiger partial charge in [0.15, 0.2) is 0 Å². The van der Waals surface area contributed by atoms with E-state index in [4.69, 9.17) is 11.6 Å². The van der Waals surface area contributed by atoms with Gasteiger partial charge in [-0.15, -0.1) is 0 Å². The Morgan fingerprint density at radius 1 is 0.386 bits per heavy atom. The SMILES string of the molecule is O=C(OS(c1ccccc1)(c1ccccc1)c1ccc(Cl)cc1)C(F)(F)C(F)(F)C(F)(F)C(F)(F)C(F)(F)C(F)(F)C(F)(F)C(F)(F)C(F)(F)C(F)(F)C(F)(F)F. The molecular formula is C30H14ClF23O2S. The number of benzene rings is 3. The number of hydrogen-bond acceptors (Lipinski definition) is 2. The fourth-order valence-corrected chi connectivity index (χ4v) is 7.62. The van der Waals surface area contributed by atoms with Gasteiger partial charge >= 0.3 is 71.4 Å². The number of hydrogen-bond donors (Lipinski definition) is 0. The third-order valence-electron chi connectivity index (χ3n) is 7.66. The minimum Gasteiger partial charge on any atom is -0.397 e. The van der Waals surface area contributed by atoms with Crippen LogP contribution in [0.5, 0.6) is 0 Å². The molecule has 27 heteroatoms. The van der Waals surface area contributed by atoms with Crippen LogP contribution in [0.15, 0.2) is 99.6 Å². The Morgan fingerprint density at radius 2 is 0.649 bits per heavy atom. The summed E-state index contributed by atoms with van der Waals surface area (Å²) in [5, 5.41) is -0.169. The molecule has 0 amide bonds. The lowest BCUT2D eigenvalue weighted by molar-refractivity contribution is -0.477. The first-order valence-electron chi connectivity index (χ1n) is 14.1. The Bertz CT molecular complexity index is 1860. The van der Waals surface area contributed by atoms with Gasteiger partial charge in [0, 0.05) is 19.7 Å². The van der Waals surface area contributed by atoms with Crippen molar-refractivity contribution in [2.24, 2.45) is 0 Å². The van der Waals surface area contributed by atoms with Crippen molar-refractivity contribution in [3.63, 3.8) is 0 Å². The molecule has 0 radical (unpaired) electrons. The number of carbonyl (C=O) groups excluding carboxylic acids is 1. The summed E-state index contributed by atoms with van der Waals surface area (Å²) in [6.07, 6.45) is -8.17. The van der Waals surface area contributed by atoms with Crippen LogP contribution in [0.25, 0.3) is 0 Å². The van der Waals surface area contributed by atoms with Gasteiger partial charge in [0.2, 0.25) is 0 Å². The number of carbonyl (C=O) groups is 1. The Hall–Kier alpha value is -3.84. The highest BCUT2D eigenvalue weighted by Gasteiger charge is 2.99. The van der Waals surface area contributed by atoms with Gasteiger partial charge in [-0.3, -0.25) is 0 Å². The van der Waals surface area contributed by atoms with Crippen molar-refractivity contribution < 1.29 is 110 Å². The monoisotopic (exact) mass is 910 g/mol. The third-order valence-corrected chi connectivity index (χ3v) is 11.1. The maximum Gasteiger partial charge on any atom is 0.460 e. The minimum atomic E-state index is -9.57. The summed E-state index contributed by atoms with van der Waals surface area (Å²) in [5.41, 5.74) is 0. The standard InChI is InChI=1S/C30H14ClF23O2S/c31-15-11-13-18(14-12-15)57(16-7-3-1-4-8-16,17-9-5-2-6-10-17)56-19(55)20(32,33)21(34,35)22(36,37)23(38,39)24(40,41)25(42,43)26(44,45)27(46,47)28(48,49)29(50,51)30(52,53)54/h1-14H. The molecule has 0 fully saturated rings. The highest BCUT2D eigenvalue weighted by molar-refractivity contribution is 8.30.